The van der Waals surface area contributed by atoms with Crippen molar-refractivity contribution in [2.24, 2.45) is 5.41 Å². The lowest BCUT2D eigenvalue weighted by Gasteiger charge is -2.17. The summed E-state index contributed by atoms with van der Waals surface area (Å²) in [6.45, 7) is 7.16. The maximum atomic E-state index is 11.8. The van der Waals surface area contributed by atoms with Gasteiger partial charge in [-0.25, -0.2) is 15.0 Å². The van der Waals surface area contributed by atoms with Crippen LogP contribution in [0.3, 0.4) is 0 Å². The van der Waals surface area contributed by atoms with Crippen LogP contribution in [0.15, 0.2) is 6.33 Å². The van der Waals surface area contributed by atoms with E-state index in [1.165, 1.54) is 16.5 Å². The van der Waals surface area contributed by atoms with Gasteiger partial charge >= 0.3 is 0 Å². The topological polar surface area (TPSA) is 74.2 Å². The molecule has 3 aromatic rings. The SMILES string of the molecule is CN(C)c1nc2sc3c(NCCCN4CCCC4=O)ncnc3c2c2c1CC(C)(C)C2. The van der Waals surface area contributed by atoms with Crippen molar-refractivity contribution < 1.29 is 4.79 Å². The number of hydrogen-bond donors (Lipinski definition) is 1. The summed E-state index contributed by atoms with van der Waals surface area (Å²) in [5.74, 6) is 2.24. The molecule has 1 aliphatic carbocycles. The van der Waals surface area contributed by atoms with Crippen molar-refractivity contribution in [2.75, 3.05) is 43.9 Å². The molecule has 0 saturated carbocycles. The summed E-state index contributed by atoms with van der Waals surface area (Å²) in [5, 5.41) is 4.70. The minimum Gasteiger partial charge on any atom is -0.369 e. The molecule has 2 aliphatic rings. The molecule has 0 unspecified atom stereocenters. The summed E-state index contributed by atoms with van der Waals surface area (Å²) in [6.07, 6.45) is 6.35. The number of fused-ring (bicyclic) bond motifs is 5. The molecule has 1 N–H and O–H groups in total. The van der Waals surface area contributed by atoms with Gasteiger partial charge in [0.05, 0.1) is 10.2 Å². The standard InChI is InChI=1S/C23H30N6OS/c1-23(2)11-14-15(12-23)21(28(3)4)27-22-17(14)18-19(31-22)20(26-13-25-18)24-8-6-10-29-9-5-7-16(29)30/h13H,5-12H2,1-4H3,(H,24,25,26). The van der Waals surface area contributed by atoms with E-state index in [-0.39, 0.29) is 11.3 Å². The van der Waals surface area contributed by atoms with Crippen LogP contribution in [0.2, 0.25) is 0 Å². The fourth-order valence-electron chi connectivity index (χ4n) is 5.01. The maximum Gasteiger partial charge on any atom is 0.222 e. The van der Waals surface area contributed by atoms with Crippen LogP contribution in [-0.2, 0) is 17.6 Å². The van der Waals surface area contributed by atoms with E-state index < -0.39 is 0 Å². The van der Waals surface area contributed by atoms with Gasteiger partial charge in [0, 0.05) is 45.5 Å². The van der Waals surface area contributed by atoms with Gasteiger partial charge in [0.2, 0.25) is 5.91 Å². The number of hydrogen-bond acceptors (Lipinski definition) is 7. The molecule has 8 heteroatoms. The van der Waals surface area contributed by atoms with Crippen molar-refractivity contribution in [1.82, 2.24) is 19.9 Å². The normalized spacial score (nSPS) is 17.7. The zero-order chi connectivity index (χ0) is 21.8. The summed E-state index contributed by atoms with van der Waals surface area (Å²) < 4.78 is 1.07. The summed E-state index contributed by atoms with van der Waals surface area (Å²) in [6, 6.07) is 0. The highest BCUT2D eigenvalue weighted by molar-refractivity contribution is 7.26. The van der Waals surface area contributed by atoms with Crippen LogP contribution in [-0.4, -0.2) is 59.5 Å². The first-order valence-electron chi connectivity index (χ1n) is 11.1. The van der Waals surface area contributed by atoms with Gasteiger partial charge in [-0.2, -0.15) is 0 Å². The average Bonchev–Trinajstić information content (AvgIpc) is 3.38. The van der Waals surface area contributed by atoms with E-state index in [1.54, 1.807) is 17.7 Å². The summed E-state index contributed by atoms with van der Waals surface area (Å²) in [4.78, 5) is 31.2. The van der Waals surface area contributed by atoms with E-state index in [0.717, 1.165) is 72.0 Å². The highest BCUT2D eigenvalue weighted by Gasteiger charge is 2.34. The quantitative estimate of drug-likeness (QED) is 0.589. The fraction of sp³-hybridized carbons (Fsp3) is 0.565. The first kappa shape index (κ1) is 20.4. The van der Waals surface area contributed by atoms with E-state index in [1.807, 2.05) is 4.90 Å². The Hall–Kier alpha value is -2.48. The van der Waals surface area contributed by atoms with Gasteiger partial charge in [-0.1, -0.05) is 13.8 Å². The minimum atomic E-state index is 0.235. The fourth-order valence-corrected chi connectivity index (χ4v) is 6.13. The molecule has 0 aromatic carbocycles. The van der Waals surface area contributed by atoms with Gasteiger partial charge < -0.3 is 15.1 Å². The van der Waals surface area contributed by atoms with Gasteiger partial charge in [0.1, 0.15) is 22.8 Å². The summed E-state index contributed by atoms with van der Waals surface area (Å²) in [5.41, 5.74) is 4.02. The van der Waals surface area contributed by atoms with Crippen LogP contribution in [0.4, 0.5) is 11.6 Å². The van der Waals surface area contributed by atoms with E-state index in [0.29, 0.717) is 6.42 Å². The first-order chi connectivity index (χ1) is 14.8. The van der Waals surface area contributed by atoms with Crippen molar-refractivity contribution in [1.29, 1.82) is 0 Å². The van der Waals surface area contributed by atoms with Crippen molar-refractivity contribution >= 4 is 49.3 Å². The monoisotopic (exact) mass is 438 g/mol. The highest BCUT2D eigenvalue weighted by Crippen LogP contribution is 2.47. The molecule has 31 heavy (non-hydrogen) atoms. The number of nitrogens with zero attached hydrogens (tertiary/aromatic N) is 5. The van der Waals surface area contributed by atoms with Crippen molar-refractivity contribution in [3.05, 3.63) is 17.5 Å². The lowest BCUT2D eigenvalue weighted by Crippen LogP contribution is -2.27. The Labute approximate surface area is 186 Å². The predicted octanol–water partition coefficient (Wildman–Crippen LogP) is 3.85. The number of rotatable bonds is 6. The Balaban J connectivity index is 1.47. The molecular formula is C23H30N6OS. The van der Waals surface area contributed by atoms with Crippen LogP contribution in [0.1, 0.15) is 44.2 Å². The van der Waals surface area contributed by atoms with Gasteiger partial charge in [0.25, 0.3) is 0 Å². The number of amides is 1. The summed E-state index contributed by atoms with van der Waals surface area (Å²) >= 11 is 1.68. The number of pyridine rings is 1. The van der Waals surface area contributed by atoms with Crippen molar-refractivity contribution in [3.63, 3.8) is 0 Å². The van der Waals surface area contributed by atoms with Crippen LogP contribution >= 0.6 is 11.3 Å². The summed E-state index contributed by atoms with van der Waals surface area (Å²) in [7, 11) is 4.15. The molecule has 3 aromatic heterocycles. The predicted molar refractivity (Wildman–Crippen MR) is 127 cm³/mol. The number of likely N-dealkylation sites (tertiary alicyclic amines) is 1. The van der Waals surface area contributed by atoms with Crippen LogP contribution in [0.25, 0.3) is 20.4 Å². The van der Waals surface area contributed by atoms with Gasteiger partial charge in [-0.05, 0) is 42.2 Å². The van der Waals surface area contributed by atoms with Crippen LogP contribution < -0.4 is 10.2 Å². The molecular weight excluding hydrogens is 408 g/mol. The molecule has 0 atom stereocenters. The molecule has 164 valence electrons. The first-order valence-corrected chi connectivity index (χ1v) is 11.9. The molecule has 0 spiro atoms. The third kappa shape index (κ3) is 3.60. The number of aromatic nitrogens is 3. The third-order valence-electron chi connectivity index (χ3n) is 6.40. The molecule has 1 amide bonds. The van der Waals surface area contributed by atoms with Gasteiger partial charge in [0.15, 0.2) is 0 Å². The molecule has 1 fully saturated rings. The Bertz CT molecular complexity index is 1170. The molecule has 0 radical (unpaired) electrons. The largest absolute Gasteiger partial charge is 0.369 e. The van der Waals surface area contributed by atoms with E-state index >= 15 is 0 Å². The Morgan fingerprint density at radius 2 is 2.03 bits per heavy atom. The molecule has 4 heterocycles. The molecule has 1 saturated heterocycles. The zero-order valence-corrected chi connectivity index (χ0v) is 19.6. The number of carbonyl (C=O) groups is 1. The number of carbonyl (C=O) groups excluding carboxylic acids is 1. The third-order valence-corrected chi connectivity index (χ3v) is 7.48. The zero-order valence-electron chi connectivity index (χ0n) is 18.8. The number of nitrogens with one attached hydrogen (secondary N) is 1. The van der Waals surface area contributed by atoms with Gasteiger partial charge in [-0.15, -0.1) is 11.3 Å². The second-order valence-electron chi connectivity index (χ2n) is 9.75. The van der Waals surface area contributed by atoms with E-state index in [9.17, 15) is 4.79 Å². The van der Waals surface area contributed by atoms with Crippen molar-refractivity contribution in [2.45, 2.75) is 46.0 Å². The van der Waals surface area contributed by atoms with Crippen LogP contribution in [0.5, 0.6) is 0 Å². The van der Waals surface area contributed by atoms with Crippen LogP contribution in [0, 0.1) is 5.41 Å². The second-order valence-corrected chi connectivity index (χ2v) is 10.8. The average molecular weight is 439 g/mol. The van der Waals surface area contributed by atoms with Crippen molar-refractivity contribution in [3.8, 4) is 0 Å². The molecule has 7 nitrogen and oxygen atoms in total. The Kier molecular flexibility index (Phi) is 5.00. The lowest BCUT2D eigenvalue weighted by atomic mass is 9.90. The minimum absolute atomic E-state index is 0.235. The lowest BCUT2D eigenvalue weighted by molar-refractivity contribution is -0.127. The van der Waals surface area contributed by atoms with E-state index in [4.69, 9.17) is 4.98 Å². The second kappa shape index (κ2) is 7.58. The molecule has 1 aliphatic heterocycles. The molecule has 5 rings (SSSR count). The number of anilines is 2. The van der Waals surface area contributed by atoms with Gasteiger partial charge in [-0.3, -0.25) is 4.79 Å². The molecule has 0 bridgehead atoms. The maximum absolute atomic E-state index is 11.8. The Morgan fingerprint density at radius 1 is 1.23 bits per heavy atom. The highest BCUT2D eigenvalue weighted by atomic mass is 32.1. The number of thiophene rings is 1. The Morgan fingerprint density at radius 3 is 2.77 bits per heavy atom. The van der Waals surface area contributed by atoms with E-state index in [2.05, 4.69) is 48.1 Å². The smallest absolute Gasteiger partial charge is 0.222 e.